The molecule has 0 saturated carbocycles. The Kier molecular flexibility index (Phi) is 4.79. The number of rotatable bonds is 5. The smallest absolute Gasteiger partial charge is 0.351 e. The van der Waals surface area contributed by atoms with Crippen molar-refractivity contribution < 1.29 is 9.84 Å². The molecule has 1 aliphatic rings. The fourth-order valence-corrected chi connectivity index (χ4v) is 2.36. The zero-order valence-electron chi connectivity index (χ0n) is 11.9. The van der Waals surface area contributed by atoms with Crippen molar-refractivity contribution in [2.75, 3.05) is 18.5 Å². The number of azide groups is 1. The molecule has 3 atom stereocenters. The Morgan fingerprint density at radius 2 is 2.48 bits per heavy atom. The Morgan fingerprint density at radius 1 is 1.71 bits per heavy atom. The van der Waals surface area contributed by atoms with E-state index in [4.69, 9.17) is 10.3 Å². The minimum Gasteiger partial charge on any atom is -0.394 e. The van der Waals surface area contributed by atoms with Gasteiger partial charge in [0.25, 0.3) is 0 Å². The minimum absolute atomic E-state index is 0.267. The van der Waals surface area contributed by atoms with Gasteiger partial charge >= 0.3 is 5.69 Å². The molecule has 0 amide bonds. The molecule has 1 fully saturated rings. The first kappa shape index (κ1) is 15.3. The lowest BCUT2D eigenvalue weighted by atomic mass is 10.1. The average molecular weight is 294 g/mol. The summed E-state index contributed by atoms with van der Waals surface area (Å²) in [7, 11) is 0. The van der Waals surface area contributed by atoms with Crippen molar-refractivity contribution in [1.82, 2.24) is 9.55 Å². The number of aromatic nitrogens is 2. The largest absolute Gasteiger partial charge is 0.394 e. The number of nitrogens with one attached hydrogen (secondary N) is 1. The highest BCUT2D eigenvalue weighted by molar-refractivity contribution is 5.41. The van der Waals surface area contributed by atoms with Crippen LogP contribution in [0.1, 0.15) is 25.1 Å². The van der Waals surface area contributed by atoms with E-state index < -0.39 is 24.1 Å². The van der Waals surface area contributed by atoms with Crippen LogP contribution in [0.15, 0.2) is 16.1 Å². The topological polar surface area (TPSA) is 125 Å². The summed E-state index contributed by atoms with van der Waals surface area (Å²) in [4.78, 5) is 18.8. The van der Waals surface area contributed by atoms with E-state index >= 15 is 0 Å². The van der Waals surface area contributed by atoms with Gasteiger partial charge in [-0.15, -0.1) is 0 Å². The molecule has 1 unspecified atom stereocenters. The first-order valence-corrected chi connectivity index (χ1v) is 6.74. The number of aliphatic hydroxyl groups is 1. The number of ether oxygens (including phenoxy) is 1. The van der Waals surface area contributed by atoms with E-state index in [1.807, 2.05) is 13.8 Å². The molecule has 1 saturated heterocycles. The molecule has 1 aromatic rings. The van der Waals surface area contributed by atoms with Gasteiger partial charge in [0, 0.05) is 29.6 Å². The van der Waals surface area contributed by atoms with Crippen LogP contribution in [0.4, 0.5) is 5.82 Å². The van der Waals surface area contributed by atoms with Gasteiger partial charge in [-0.2, -0.15) is 4.98 Å². The third-order valence-corrected chi connectivity index (χ3v) is 3.37. The van der Waals surface area contributed by atoms with Gasteiger partial charge in [0.1, 0.15) is 12.0 Å². The lowest BCUT2D eigenvalue weighted by Crippen LogP contribution is -2.29. The van der Waals surface area contributed by atoms with Crippen LogP contribution < -0.4 is 11.0 Å². The highest BCUT2D eigenvalue weighted by atomic mass is 16.5. The van der Waals surface area contributed by atoms with E-state index in [1.165, 1.54) is 4.57 Å². The molecule has 2 heterocycles. The van der Waals surface area contributed by atoms with E-state index in [0.29, 0.717) is 18.8 Å². The van der Waals surface area contributed by atoms with E-state index in [2.05, 4.69) is 20.3 Å². The van der Waals surface area contributed by atoms with Crippen molar-refractivity contribution in [1.29, 1.82) is 0 Å². The average Bonchev–Trinajstić information content (AvgIpc) is 2.86. The zero-order chi connectivity index (χ0) is 15.4. The SMILES string of the molecule is CCNc1nc(=O)n([C@H]2CC(N=[N+]=[N-])[C@@H](CO)O2)cc1C. The standard InChI is InChI=1S/C12H18N6O3/c1-3-14-11-7(2)5-18(12(20)15-11)10-4-8(16-17-13)9(6-19)21-10/h5,8-10,19H,3-4,6H2,1-2H3,(H,14,15,20)/t8?,9-,10-/m1/s1. The second-order valence-corrected chi connectivity index (χ2v) is 4.81. The van der Waals surface area contributed by atoms with Crippen molar-refractivity contribution >= 4 is 5.82 Å². The third kappa shape index (κ3) is 3.15. The van der Waals surface area contributed by atoms with Crippen LogP contribution in [0.25, 0.3) is 10.4 Å². The van der Waals surface area contributed by atoms with Gasteiger partial charge in [-0.25, -0.2) is 4.79 Å². The van der Waals surface area contributed by atoms with Crippen LogP contribution in [-0.2, 0) is 4.74 Å². The predicted molar refractivity (Wildman–Crippen MR) is 75.9 cm³/mol. The third-order valence-electron chi connectivity index (χ3n) is 3.37. The second-order valence-electron chi connectivity index (χ2n) is 4.81. The molecule has 114 valence electrons. The normalized spacial score (nSPS) is 24.6. The minimum atomic E-state index is -0.605. The molecular formula is C12H18N6O3. The van der Waals surface area contributed by atoms with Crippen molar-refractivity contribution in [3.8, 4) is 0 Å². The van der Waals surface area contributed by atoms with Crippen molar-refractivity contribution in [3.05, 3.63) is 32.7 Å². The summed E-state index contributed by atoms with van der Waals surface area (Å²) in [5, 5.41) is 15.9. The molecule has 0 radical (unpaired) electrons. The summed E-state index contributed by atoms with van der Waals surface area (Å²) in [6.45, 7) is 4.16. The molecular weight excluding hydrogens is 276 g/mol. The molecule has 21 heavy (non-hydrogen) atoms. The predicted octanol–water partition coefficient (Wildman–Crippen LogP) is 0.942. The molecule has 9 nitrogen and oxygen atoms in total. The van der Waals surface area contributed by atoms with Gasteiger partial charge in [-0.1, -0.05) is 5.11 Å². The van der Waals surface area contributed by atoms with Crippen molar-refractivity contribution in [3.63, 3.8) is 0 Å². The van der Waals surface area contributed by atoms with E-state index in [-0.39, 0.29) is 6.61 Å². The maximum atomic E-state index is 12.1. The lowest BCUT2D eigenvalue weighted by molar-refractivity contribution is -0.0270. The van der Waals surface area contributed by atoms with E-state index in [0.717, 1.165) is 5.56 Å². The van der Waals surface area contributed by atoms with Gasteiger partial charge in [0.2, 0.25) is 0 Å². The highest BCUT2D eigenvalue weighted by Crippen LogP contribution is 2.30. The summed E-state index contributed by atoms with van der Waals surface area (Å²) < 4.78 is 6.95. The van der Waals surface area contributed by atoms with E-state index in [9.17, 15) is 9.90 Å². The number of anilines is 1. The van der Waals surface area contributed by atoms with Gasteiger partial charge in [0.15, 0.2) is 0 Å². The second kappa shape index (κ2) is 6.57. The van der Waals surface area contributed by atoms with Crippen molar-refractivity contribution in [2.45, 2.75) is 38.6 Å². The molecule has 1 aromatic heterocycles. The molecule has 2 rings (SSSR count). The Hall–Kier alpha value is -2.09. The first-order valence-electron chi connectivity index (χ1n) is 6.74. The molecule has 0 spiro atoms. The van der Waals surface area contributed by atoms with Crippen molar-refractivity contribution in [2.24, 2.45) is 5.11 Å². The van der Waals surface area contributed by atoms with Gasteiger partial charge in [-0.05, 0) is 19.4 Å². The molecule has 0 aromatic carbocycles. The number of aliphatic hydroxyl groups excluding tert-OH is 1. The molecule has 2 N–H and O–H groups in total. The Morgan fingerprint density at radius 3 is 3.10 bits per heavy atom. The number of hydrogen-bond acceptors (Lipinski definition) is 6. The lowest BCUT2D eigenvalue weighted by Gasteiger charge is -2.16. The highest BCUT2D eigenvalue weighted by Gasteiger charge is 2.35. The number of hydrogen-bond donors (Lipinski definition) is 2. The Bertz CT molecular complexity index is 610. The monoisotopic (exact) mass is 294 g/mol. The zero-order valence-corrected chi connectivity index (χ0v) is 11.9. The quantitative estimate of drug-likeness (QED) is 0.475. The Balaban J connectivity index is 2.29. The van der Waals surface area contributed by atoms with Crippen LogP contribution >= 0.6 is 0 Å². The summed E-state index contributed by atoms with van der Waals surface area (Å²) in [6, 6.07) is -0.495. The fraction of sp³-hybridized carbons (Fsp3) is 0.667. The van der Waals surface area contributed by atoms with E-state index in [1.54, 1.807) is 6.20 Å². The maximum Gasteiger partial charge on any atom is 0.351 e. The van der Waals surface area contributed by atoms with Crippen LogP contribution in [-0.4, -0.2) is 40.0 Å². The number of nitrogens with zero attached hydrogens (tertiary/aromatic N) is 5. The Labute approximate surface area is 121 Å². The molecule has 9 heteroatoms. The summed E-state index contributed by atoms with van der Waals surface area (Å²) >= 11 is 0. The molecule has 0 aliphatic carbocycles. The van der Waals surface area contributed by atoms with Crippen LogP contribution in [0.3, 0.4) is 0 Å². The summed E-state index contributed by atoms with van der Waals surface area (Å²) in [5.41, 5.74) is 8.89. The number of aryl methyl sites for hydroxylation is 1. The van der Waals surface area contributed by atoms with Crippen LogP contribution in [0.5, 0.6) is 0 Å². The summed E-state index contributed by atoms with van der Waals surface area (Å²) in [6.07, 6.45) is 0.792. The first-order chi connectivity index (χ1) is 10.1. The molecule has 1 aliphatic heterocycles. The van der Waals surface area contributed by atoms with Gasteiger partial charge < -0.3 is 15.2 Å². The molecule has 0 bridgehead atoms. The van der Waals surface area contributed by atoms with Gasteiger partial charge in [-0.3, -0.25) is 4.57 Å². The fourth-order valence-electron chi connectivity index (χ4n) is 2.36. The summed E-state index contributed by atoms with van der Waals surface area (Å²) in [5.74, 6) is 0.544. The maximum absolute atomic E-state index is 12.1. The van der Waals surface area contributed by atoms with Gasteiger partial charge in [0.05, 0.1) is 18.8 Å². The van der Waals surface area contributed by atoms with Crippen LogP contribution in [0.2, 0.25) is 0 Å². The van der Waals surface area contributed by atoms with Crippen LogP contribution in [0, 0.1) is 6.92 Å².